The van der Waals surface area contributed by atoms with E-state index in [2.05, 4.69) is 115 Å². The molecule has 0 amide bonds. The first kappa shape index (κ1) is 21.6. The monoisotopic (exact) mass is 485 g/mol. The van der Waals surface area contributed by atoms with E-state index >= 15 is 0 Å². The van der Waals surface area contributed by atoms with Gasteiger partial charge >= 0.3 is 0 Å². The Kier molecular flexibility index (Phi) is 4.85. The third-order valence-electron chi connectivity index (χ3n) is 8.47. The molecule has 1 aliphatic heterocycles. The lowest BCUT2D eigenvalue weighted by atomic mass is 9.78. The second kappa shape index (κ2) is 8.53. The summed E-state index contributed by atoms with van der Waals surface area (Å²) < 4.78 is 0. The number of allylic oxidation sites excluding steroid dienone is 4. The van der Waals surface area contributed by atoms with E-state index in [0.29, 0.717) is 0 Å². The summed E-state index contributed by atoms with van der Waals surface area (Å²) in [4.78, 5) is 4.79. The summed E-state index contributed by atoms with van der Waals surface area (Å²) in [7, 11) is 0. The molecule has 0 fully saturated rings. The molecular formula is C37H27N. The Morgan fingerprint density at radius 2 is 1.32 bits per heavy atom. The summed E-state index contributed by atoms with van der Waals surface area (Å²) in [6, 6.07) is 31.7. The first-order valence-corrected chi connectivity index (χ1v) is 13.6. The number of aliphatic imine (C=N–C) groups is 1. The van der Waals surface area contributed by atoms with Crippen LogP contribution in [0, 0.1) is 0 Å². The lowest BCUT2D eigenvalue weighted by Crippen LogP contribution is -2.15. The summed E-state index contributed by atoms with van der Waals surface area (Å²) in [5.41, 5.74) is 9.60. The van der Waals surface area contributed by atoms with Gasteiger partial charge in [0.25, 0.3) is 0 Å². The number of nitrogens with zero attached hydrogens (tertiary/aromatic N) is 1. The predicted octanol–water partition coefficient (Wildman–Crippen LogP) is 9.36. The van der Waals surface area contributed by atoms with Crippen molar-refractivity contribution in [3.63, 3.8) is 0 Å². The van der Waals surface area contributed by atoms with Crippen molar-refractivity contribution in [1.82, 2.24) is 0 Å². The fourth-order valence-corrected chi connectivity index (χ4v) is 6.72. The lowest BCUT2D eigenvalue weighted by Gasteiger charge is -2.27. The van der Waals surface area contributed by atoms with Crippen LogP contribution in [0.15, 0.2) is 120 Å². The van der Waals surface area contributed by atoms with Gasteiger partial charge in [0.2, 0.25) is 0 Å². The topological polar surface area (TPSA) is 12.4 Å². The van der Waals surface area contributed by atoms with Crippen molar-refractivity contribution in [2.75, 3.05) is 0 Å². The highest BCUT2D eigenvalue weighted by atomic mass is 14.8. The van der Waals surface area contributed by atoms with Crippen molar-refractivity contribution in [3.05, 3.63) is 137 Å². The van der Waals surface area contributed by atoms with Gasteiger partial charge in [-0.3, -0.25) is 4.99 Å². The molecule has 1 heteroatoms. The van der Waals surface area contributed by atoms with Crippen LogP contribution < -0.4 is 0 Å². The van der Waals surface area contributed by atoms with Crippen molar-refractivity contribution >= 4 is 55.8 Å². The normalized spacial score (nSPS) is 18.2. The van der Waals surface area contributed by atoms with Gasteiger partial charge in [0, 0.05) is 6.21 Å². The fourth-order valence-electron chi connectivity index (χ4n) is 6.72. The summed E-state index contributed by atoms with van der Waals surface area (Å²) in [5.74, 6) is 0. The van der Waals surface area contributed by atoms with Gasteiger partial charge in [0.05, 0.1) is 6.04 Å². The molecule has 0 N–H and O–H groups in total. The van der Waals surface area contributed by atoms with Gasteiger partial charge in [-0.1, -0.05) is 103 Å². The average Bonchev–Trinajstić information content (AvgIpc) is 2.98. The molecule has 8 rings (SSSR count). The molecule has 0 aromatic heterocycles. The van der Waals surface area contributed by atoms with Gasteiger partial charge in [-0.2, -0.15) is 0 Å². The van der Waals surface area contributed by atoms with Crippen LogP contribution in [-0.2, 0) is 6.42 Å². The third kappa shape index (κ3) is 3.28. The van der Waals surface area contributed by atoms with E-state index in [-0.39, 0.29) is 6.04 Å². The highest BCUT2D eigenvalue weighted by molar-refractivity contribution is 6.19. The zero-order chi connectivity index (χ0) is 25.1. The van der Waals surface area contributed by atoms with Crippen molar-refractivity contribution in [1.29, 1.82) is 0 Å². The number of benzene rings is 5. The Morgan fingerprint density at radius 3 is 2.05 bits per heavy atom. The van der Waals surface area contributed by atoms with Crippen LogP contribution >= 0.6 is 0 Å². The van der Waals surface area contributed by atoms with Gasteiger partial charge in [0.1, 0.15) is 0 Å². The smallest absolute Gasteiger partial charge is 0.0789 e. The van der Waals surface area contributed by atoms with Crippen LogP contribution in [0.3, 0.4) is 0 Å². The Labute approximate surface area is 222 Å². The molecule has 180 valence electrons. The van der Waals surface area contributed by atoms with E-state index in [4.69, 9.17) is 4.99 Å². The molecular weight excluding hydrogens is 458 g/mol. The molecule has 0 saturated carbocycles. The molecule has 5 aromatic rings. The van der Waals surface area contributed by atoms with Crippen LogP contribution in [0.25, 0.3) is 49.5 Å². The summed E-state index contributed by atoms with van der Waals surface area (Å²) >= 11 is 0. The summed E-state index contributed by atoms with van der Waals surface area (Å²) in [6.07, 6.45) is 16.4. The van der Waals surface area contributed by atoms with Crippen LogP contribution in [-0.4, -0.2) is 12.3 Å². The molecule has 2 aliphatic carbocycles. The maximum absolute atomic E-state index is 4.79. The second-order valence-corrected chi connectivity index (χ2v) is 10.6. The molecule has 0 radical (unpaired) electrons. The van der Waals surface area contributed by atoms with Crippen molar-refractivity contribution in [2.45, 2.75) is 25.3 Å². The van der Waals surface area contributed by atoms with E-state index in [0.717, 1.165) is 19.3 Å². The number of hydrogen-bond donors (Lipinski definition) is 0. The molecule has 0 saturated heterocycles. The van der Waals surface area contributed by atoms with Gasteiger partial charge in [-0.05, 0) is 103 Å². The van der Waals surface area contributed by atoms with Gasteiger partial charge in [-0.25, -0.2) is 0 Å². The molecule has 1 nitrogen and oxygen atoms in total. The predicted molar refractivity (Wildman–Crippen MR) is 164 cm³/mol. The van der Waals surface area contributed by atoms with Gasteiger partial charge in [-0.15, -0.1) is 0 Å². The molecule has 1 unspecified atom stereocenters. The van der Waals surface area contributed by atoms with Crippen molar-refractivity contribution in [2.24, 2.45) is 4.99 Å². The molecule has 1 heterocycles. The van der Waals surface area contributed by atoms with E-state index in [1.165, 1.54) is 71.3 Å². The highest BCUT2D eigenvalue weighted by Gasteiger charge is 2.26. The minimum absolute atomic E-state index is 0.213. The van der Waals surface area contributed by atoms with E-state index in [9.17, 15) is 0 Å². The lowest BCUT2D eigenvalue weighted by molar-refractivity contribution is 0.800. The number of hydrogen-bond acceptors (Lipinski definition) is 1. The van der Waals surface area contributed by atoms with E-state index in [1.807, 2.05) is 6.21 Å². The standard InChI is InChI=1S/C37H27N/c1-2-10-25-22-28-23-27(18-17-26(28)21-24(25)9-1)36-30-12-3-5-14-32(30)37(33-15-6-4-13-31(33)36)34-19-20-38-35-16-8-7-11-29(34)35/h1-15,19-23,35H,16-18H2. The Balaban J connectivity index is 1.41. The first-order chi connectivity index (χ1) is 18.8. The molecule has 3 aliphatic rings. The number of fused-ring (bicyclic) bond motifs is 5. The van der Waals surface area contributed by atoms with Crippen LogP contribution in [0.2, 0.25) is 0 Å². The van der Waals surface area contributed by atoms with E-state index in [1.54, 1.807) is 0 Å². The zero-order valence-corrected chi connectivity index (χ0v) is 21.2. The maximum atomic E-state index is 4.79. The first-order valence-electron chi connectivity index (χ1n) is 13.6. The minimum atomic E-state index is 0.213. The number of dihydropyridines is 1. The van der Waals surface area contributed by atoms with E-state index < -0.39 is 0 Å². The largest absolute Gasteiger partial charge is 0.285 e. The summed E-state index contributed by atoms with van der Waals surface area (Å²) in [6.45, 7) is 0. The Bertz CT molecular complexity index is 1890. The molecule has 38 heavy (non-hydrogen) atoms. The molecule has 0 bridgehead atoms. The Morgan fingerprint density at radius 1 is 0.658 bits per heavy atom. The molecule has 0 spiro atoms. The van der Waals surface area contributed by atoms with Gasteiger partial charge in [0.15, 0.2) is 0 Å². The second-order valence-electron chi connectivity index (χ2n) is 10.6. The number of rotatable bonds is 2. The van der Waals surface area contributed by atoms with Crippen LogP contribution in [0.1, 0.15) is 35.1 Å². The molecule has 5 aromatic carbocycles. The van der Waals surface area contributed by atoms with Crippen molar-refractivity contribution in [3.8, 4) is 0 Å². The highest BCUT2D eigenvalue weighted by Crippen LogP contribution is 2.45. The Hall–Kier alpha value is -4.49. The SMILES string of the molecule is C1=CCC2N=CC=C(c3c4ccccc4c(C4=Cc5cc6ccccc6cc5CC4)c4ccccc34)C2=C1. The zero-order valence-electron chi connectivity index (χ0n) is 21.2. The quantitative estimate of drug-likeness (QED) is 0.221. The molecule has 1 atom stereocenters. The maximum Gasteiger partial charge on any atom is 0.0789 e. The number of aryl methyl sites for hydroxylation is 1. The third-order valence-corrected chi connectivity index (χ3v) is 8.47. The minimum Gasteiger partial charge on any atom is -0.285 e. The fraction of sp³-hybridized carbons (Fsp3) is 0.108. The average molecular weight is 486 g/mol. The van der Waals surface area contributed by atoms with Crippen LogP contribution in [0.4, 0.5) is 0 Å². The van der Waals surface area contributed by atoms with Crippen LogP contribution in [0.5, 0.6) is 0 Å². The van der Waals surface area contributed by atoms with Crippen molar-refractivity contribution < 1.29 is 0 Å². The van der Waals surface area contributed by atoms with Gasteiger partial charge < -0.3 is 0 Å². The summed E-state index contributed by atoms with van der Waals surface area (Å²) in [5, 5.41) is 7.96.